The van der Waals surface area contributed by atoms with Gasteiger partial charge in [0.2, 0.25) is 5.78 Å². The first-order valence-electron chi connectivity index (χ1n) is 15.1. The van der Waals surface area contributed by atoms with Gasteiger partial charge in [-0.2, -0.15) is 0 Å². The summed E-state index contributed by atoms with van der Waals surface area (Å²) in [5.74, 6) is -3.79. The van der Waals surface area contributed by atoms with Crippen molar-refractivity contribution < 1.29 is 98.5 Å². The highest BCUT2D eigenvalue weighted by Gasteiger charge is 2.64. The number of carbonyl (C=O) groups is 1. The normalized spacial score (nSPS) is 54.4. The minimum Gasteiger partial charge on any atom is -0.394 e. The largest absolute Gasteiger partial charge is 0.394 e. The summed E-state index contributed by atoms with van der Waals surface area (Å²) < 4.78 is 50.8. The lowest BCUT2D eigenvalue weighted by Crippen LogP contribution is -2.71. The molecular weight excluding hydrogens is 644 g/mol. The fourth-order valence-corrected chi connectivity index (χ4v) is 6.76. The van der Waals surface area contributed by atoms with Crippen LogP contribution in [0.5, 0.6) is 0 Å². The number of hydrogen-bond acceptors (Lipinski definition) is 20. The summed E-state index contributed by atoms with van der Waals surface area (Å²) in [5, 5.41) is 104. The number of rotatable bonds is 10. The second-order valence-electron chi connectivity index (χ2n) is 12.2. The maximum absolute atomic E-state index is 13.0. The molecule has 20 heteroatoms. The first kappa shape index (κ1) is 35.5. The van der Waals surface area contributed by atoms with Gasteiger partial charge in [-0.1, -0.05) is 6.58 Å². The van der Waals surface area contributed by atoms with Crippen LogP contribution in [0.4, 0.5) is 0 Å². The van der Waals surface area contributed by atoms with Crippen LogP contribution in [0, 0.1) is 0 Å². The van der Waals surface area contributed by atoms with E-state index in [2.05, 4.69) is 6.58 Å². The van der Waals surface area contributed by atoms with E-state index >= 15 is 0 Å². The smallest absolute Gasteiger partial charge is 0.263 e. The molecular formula is C27H40O20. The van der Waals surface area contributed by atoms with E-state index in [4.69, 9.17) is 42.6 Å². The monoisotopic (exact) mass is 684 g/mol. The van der Waals surface area contributed by atoms with Gasteiger partial charge in [0.15, 0.2) is 18.9 Å². The molecule has 0 amide bonds. The van der Waals surface area contributed by atoms with Crippen molar-refractivity contribution in [3.05, 3.63) is 12.7 Å². The number of ether oxygens (including phenoxy) is 9. The zero-order chi connectivity index (χ0) is 33.9. The number of fused-ring (bicyclic) bond motifs is 4. The van der Waals surface area contributed by atoms with Crippen LogP contribution in [0.25, 0.3) is 0 Å². The molecule has 6 fully saturated rings. The number of aliphatic hydroxyl groups is 10. The Kier molecular flexibility index (Phi) is 10.4. The van der Waals surface area contributed by atoms with Gasteiger partial charge in [-0.3, -0.25) is 4.79 Å². The number of ketones is 1. The Hall–Kier alpha value is -1.35. The molecule has 0 aromatic carbocycles. The van der Waals surface area contributed by atoms with E-state index in [9.17, 15) is 55.9 Å². The molecule has 0 spiro atoms. The Labute approximate surface area is 266 Å². The first-order chi connectivity index (χ1) is 22.4. The van der Waals surface area contributed by atoms with Crippen molar-refractivity contribution in [2.75, 3.05) is 26.4 Å². The molecule has 0 aromatic heterocycles. The molecule has 47 heavy (non-hydrogen) atoms. The van der Waals surface area contributed by atoms with Crippen molar-refractivity contribution in [2.24, 2.45) is 0 Å². The number of hydrogen-bond donors (Lipinski definition) is 10. The van der Waals surface area contributed by atoms with Gasteiger partial charge in [-0.25, -0.2) is 0 Å². The van der Waals surface area contributed by atoms with E-state index in [1.807, 2.05) is 0 Å². The molecule has 4 bridgehead atoms. The summed E-state index contributed by atoms with van der Waals surface area (Å²) in [6.07, 6.45) is -28.1. The molecule has 0 saturated carbocycles. The van der Waals surface area contributed by atoms with Crippen LogP contribution in [0.2, 0.25) is 0 Å². The van der Waals surface area contributed by atoms with E-state index in [1.165, 1.54) is 0 Å². The van der Waals surface area contributed by atoms with Crippen LogP contribution in [-0.2, 0) is 47.4 Å². The maximum Gasteiger partial charge on any atom is 0.263 e. The molecule has 6 aliphatic rings. The third-order valence-electron chi connectivity index (χ3n) is 9.35. The van der Waals surface area contributed by atoms with Crippen LogP contribution in [0.15, 0.2) is 12.7 Å². The maximum atomic E-state index is 13.0. The molecule has 10 N–H and O–H groups in total. The molecule has 0 radical (unpaired) electrons. The quantitative estimate of drug-likeness (QED) is 0.0956. The summed E-state index contributed by atoms with van der Waals surface area (Å²) in [7, 11) is 0. The predicted molar refractivity (Wildman–Crippen MR) is 141 cm³/mol. The Morgan fingerprint density at radius 3 is 1.94 bits per heavy atom. The van der Waals surface area contributed by atoms with E-state index in [0.29, 0.717) is 0 Å². The fourth-order valence-electron chi connectivity index (χ4n) is 6.76. The molecule has 6 saturated heterocycles. The van der Waals surface area contributed by atoms with Gasteiger partial charge in [-0.05, 0) is 6.08 Å². The summed E-state index contributed by atoms with van der Waals surface area (Å²) in [6, 6.07) is 0. The lowest BCUT2D eigenvalue weighted by atomic mass is 9.89. The Morgan fingerprint density at radius 2 is 1.30 bits per heavy atom. The van der Waals surface area contributed by atoms with Crippen LogP contribution < -0.4 is 0 Å². The molecule has 0 aromatic rings. The zero-order valence-corrected chi connectivity index (χ0v) is 24.6. The molecule has 6 rings (SSSR count). The van der Waals surface area contributed by atoms with E-state index in [-0.39, 0.29) is 13.2 Å². The fraction of sp³-hybridized carbons (Fsp3) is 0.889. The topological polar surface area (TPSA) is 302 Å². The molecule has 0 aliphatic carbocycles. The second kappa shape index (κ2) is 13.8. The van der Waals surface area contributed by atoms with Gasteiger partial charge in [0.05, 0.1) is 26.4 Å². The summed E-state index contributed by atoms with van der Waals surface area (Å²) in [6.45, 7) is 1.43. The lowest BCUT2D eigenvalue weighted by molar-refractivity contribution is -0.385. The molecule has 20 atom stereocenters. The third-order valence-corrected chi connectivity index (χ3v) is 9.35. The van der Waals surface area contributed by atoms with Crippen molar-refractivity contribution >= 4 is 5.78 Å². The number of aliphatic hydroxyl groups excluding tert-OH is 10. The highest BCUT2D eigenvalue weighted by atomic mass is 16.8. The van der Waals surface area contributed by atoms with Crippen LogP contribution >= 0.6 is 0 Å². The average molecular weight is 685 g/mol. The minimum absolute atomic E-state index is 0.0473. The van der Waals surface area contributed by atoms with E-state index in [0.717, 1.165) is 6.08 Å². The molecule has 268 valence electrons. The minimum atomic E-state index is -2.71. The summed E-state index contributed by atoms with van der Waals surface area (Å²) in [4.78, 5) is 13.0. The molecule has 0 unspecified atom stereocenters. The highest BCUT2D eigenvalue weighted by Crippen LogP contribution is 2.41. The Morgan fingerprint density at radius 1 is 0.702 bits per heavy atom. The zero-order valence-electron chi connectivity index (χ0n) is 24.6. The van der Waals surface area contributed by atoms with Gasteiger partial charge in [-0.15, -0.1) is 0 Å². The molecule has 6 aliphatic heterocycles. The van der Waals surface area contributed by atoms with Crippen LogP contribution in [-0.4, -0.2) is 206 Å². The van der Waals surface area contributed by atoms with Crippen molar-refractivity contribution in [3.63, 3.8) is 0 Å². The molecule has 6 heterocycles. The molecule has 20 nitrogen and oxygen atoms in total. The third kappa shape index (κ3) is 5.97. The van der Waals surface area contributed by atoms with Crippen LogP contribution in [0.1, 0.15) is 0 Å². The van der Waals surface area contributed by atoms with Gasteiger partial charge in [0.25, 0.3) is 5.79 Å². The van der Waals surface area contributed by atoms with Gasteiger partial charge in [0.1, 0.15) is 97.7 Å². The van der Waals surface area contributed by atoms with Crippen molar-refractivity contribution in [1.82, 2.24) is 0 Å². The second-order valence-corrected chi connectivity index (χ2v) is 12.2. The highest BCUT2D eigenvalue weighted by molar-refractivity contribution is 5.96. The van der Waals surface area contributed by atoms with Crippen LogP contribution in [0.3, 0.4) is 0 Å². The lowest BCUT2D eigenvalue weighted by Gasteiger charge is -2.50. The van der Waals surface area contributed by atoms with Gasteiger partial charge >= 0.3 is 0 Å². The number of carbonyl (C=O) groups excluding carboxylic acids is 1. The summed E-state index contributed by atoms with van der Waals surface area (Å²) >= 11 is 0. The van der Waals surface area contributed by atoms with Crippen molar-refractivity contribution in [1.29, 1.82) is 0 Å². The van der Waals surface area contributed by atoms with Gasteiger partial charge < -0.3 is 93.7 Å². The average Bonchev–Trinajstić information content (AvgIpc) is 3.55. The van der Waals surface area contributed by atoms with Gasteiger partial charge in [0, 0.05) is 0 Å². The van der Waals surface area contributed by atoms with E-state index in [1.54, 1.807) is 0 Å². The van der Waals surface area contributed by atoms with E-state index < -0.39 is 141 Å². The standard InChI is InChI=1S/C27H40O20/c1-2-11(30)27(23(37)14(33)12(31)8(4-29)46-27)47-19-10-6-40-22(19)17(36)26(43-10)45-20-13(32)7(3-28)42-25(16(20)35)44-18-9-5-39-21(18)15(34)24(38)41-9/h2,7-10,12-26,28-29,31-38H,1,3-6H2/t7-,8-,9+,10+,12+,13-,14+,15+,16-,17+,18+,19+,20+,21+,22+,23-,24-,25+,26+,27-/m1/s1. The van der Waals surface area contributed by atoms with Crippen molar-refractivity contribution in [2.45, 2.75) is 122 Å². The Balaban J connectivity index is 1.17. The Bertz CT molecular complexity index is 1130. The first-order valence-corrected chi connectivity index (χ1v) is 15.1. The summed E-state index contributed by atoms with van der Waals surface area (Å²) in [5.41, 5.74) is 0. The predicted octanol–water partition coefficient (Wildman–Crippen LogP) is -7.53. The van der Waals surface area contributed by atoms with Crippen molar-refractivity contribution in [3.8, 4) is 0 Å². The SMILES string of the molecule is C=CC(=O)[C@]1(O[C@@H]2[C@H]3OC[C@@H]2O[C@@H](O[C@@H]2[C@@H](O)[C@H](O[C@@H]4[C@H]5OC[C@@H]4O[C@@H](O)[C@H]5O)O[C@H](CO)[C@H]2O)[C@H]3O)O[C@H](CO)[C@H](O)[C@H](O)[C@H]1O.